The first kappa shape index (κ1) is 11.5. The van der Waals surface area contributed by atoms with Crippen molar-refractivity contribution in [3.63, 3.8) is 0 Å². The van der Waals surface area contributed by atoms with Crippen LogP contribution in [0, 0.1) is 5.41 Å². The third-order valence-corrected chi connectivity index (χ3v) is 4.03. The third kappa shape index (κ3) is 2.33. The highest BCUT2D eigenvalue weighted by molar-refractivity contribution is 5.84. The lowest BCUT2D eigenvalue weighted by atomic mass is 9.77. The van der Waals surface area contributed by atoms with Crippen molar-refractivity contribution in [1.29, 1.82) is 5.41 Å². The highest BCUT2D eigenvalue weighted by Gasteiger charge is 2.32. The Kier molecular flexibility index (Phi) is 2.94. The van der Waals surface area contributed by atoms with Gasteiger partial charge >= 0.3 is 0 Å². The van der Waals surface area contributed by atoms with Gasteiger partial charge in [-0.2, -0.15) is 0 Å². The van der Waals surface area contributed by atoms with E-state index >= 15 is 0 Å². The molecule has 1 aromatic rings. The Morgan fingerprint density at radius 3 is 2.17 bits per heavy atom. The summed E-state index contributed by atoms with van der Waals surface area (Å²) in [7, 11) is 0. The van der Waals surface area contributed by atoms with Gasteiger partial charge in [-0.15, -0.1) is 0 Å². The molecule has 94 valence electrons. The lowest BCUT2D eigenvalue weighted by Crippen LogP contribution is -2.31. The van der Waals surface area contributed by atoms with Gasteiger partial charge in [-0.3, -0.25) is 5.41 Å². The van der Waals surface area contributed by atoms with E-state index in [9.17, 15) is 0 Å². The van der Waals surface area contributed by atoms with Gasteiger partial charge in [0.2, 0.25) is 5.90 Å². The second kappa shape index (κ2) is 4.60. The maximum Gasteiger partial charge on any atom is 0.205 e. The second-order valence-electron chi connectivity index (χ2n) is 5.42. The van der Waals surface area contributed by atoms with Gasteiger partial charge in [0.15, 0.2) is 0 Å². The standard InChI is InChI=1S/C16H19NO/c1-2-16(17)18-15-9-14(10-15)13-7-5-12(6-8-13)11-3-4-11/h2,5-8,11,14-15,17H,1,3-4,9-10H2/t14-,15+. The largest absolute Gasteiger partial charge is 0.475 e. The fourth-order valence-corrected chi connectivity index (χ4v) is 2.62. The first-order valence-corrected chi connectivity index (χ1v) is 6.73. The van der Waals surface area contributed by atoms with E-state index < -0.39 is 0 Å². The van der Waals surface area contributed by atoms with E-state index in [1.807, 2.05) is 0 Å². The lowest BCUT2D eigenvalue weighted by Gasteiger charge is -2.35. The van der Waals surface area contributed by atoms with E-state index in [4.69, 9.17) is 10.1 Å². The summed E-state index contributed by atoms with van der Waals surface area (Å²) >= 11 is 0. The molecule has 2 heteroatoms. The summed E-state index contributed by atoms with van der Waals surface area (Å²) in [6, 6.07) is 9.11. The van der Waals surface area contributed by atoms with Gasteiger partial charge in [-0.1, -0.05) is 30.8 Å². The van der Waals surface area contributed by atoms with Crippen LogP contribution in [-0.4, -0.2) is 12.0 Å². The molecule has 1 N–H and O–H groups in total. The molecule has 2 nitrogen and oxygen atoms in total. The number of nitrogens with one attached hydrogen (secondary N) is 1. The van der Waals surface area contributed by atoms with E-state index in [-0.39, 0.29) is 12.0 Å². The molecule has 2 saturated carbocycles. The van der Waals surface area contributed by atoms with E-state index in [0.29, 0.717) is 5.92 Å². The molecular weight excluding hydrogens is 222 g/mol. The Labute approximate surface area is 108 Å². The quantitative estimate of drug-likeness (QED) is 0.627. The van der Waals surface area contributed by atoms with Crippen molar-refractivity contribution >= 4 is 5.90 Å². The Hall–Kier alpha value is -1.57. The van der Waals surface area contributed by atoms with E-state index in [1.165, 1.54) is 30.0 Å². The normalized spacial score (nSPS) is 26.2. The second-order valence-corrected chi connectivity index (χ2v) is 5.42. The molecular formula is C16H19NO. The van der Waals surface area contributed by atoms with Gasteiger partial charge in [0, 0.05) is 0 Å². The molecule has 18 heavy (non-hydrogen) atoms. The summed E-state index contributed by atoms with van der Waals surface area (Å²) < 4.78 is 5.42. The van der Waals surface area contributed by atoms with Gasteiger partial charge in [0.1, 0.15) is 6.10 Å². The zero-order valence-electron chi connectivity index (χ0n) is 10.6. The zero-order chi connectivity index (χ0) is 12.5. The van der Waals surface area contributed by atoms with E-state index in [1.54, 1.807) is 0 Å². The van der Waals surface area contributed by atoms with Crippen molar-refractivity contribution in [3.05, 3.63) is 48.0 Å². The molecule has 0 amide bonds. The average molecular weight is 241 g/mol. The van der Waals surface area contributed by atoms with Crippen LogP contribution >= 0.6 is 0 Å². The highest BCUT2D eigenvalue weighted by Crippen LogP contribution is 2.42. The fourth-order valence-electron chi connectivity index (χ4n) is 2.62. The summed E-state index contributed by atoms with van der Waals surface area (Å²) in [5.41, 5.74) is 2.92. The molecule has 2 fully saturated rings. The van der Waals surface area contributed by atoms with Crippen molar-refractivity contribution in [2.75, 3.05) is 0 Å². The molecule has 0 unspecified atom stereocenters. The molecule has 0 radical (unpaired) electrons. The first-order valence-electron chi connectivity index (χ1n) is 6.73. The Bertz CT molecular complexity index is 452. The topological polar surface area (TPSA) is 33.1 Å². The first-order chi connectivity index (χ1) is 8.76. The summed E-state index contributed by atoms with van der Waals surface area (Å²) in [4.78, 5) is 0. The molecule has 0 atom stereocenters. The molecule has 2 aliphatic rings. The van der Waals surface area contributed by atoms with Crippen molar-refractivity contribution < 1.29 is 4.74 Å². The molecule has 1 aromatic carbocycles. The number of benzene rings is 1. The molecule has 2 aliphatic carbocycles. The third-order valence-electron chi connectivity index (χ3n) is 4.03. The van der Waals surface area contributed by atoms with Crippen LogP contribution in [-0.2, 0) is 4.74 Å². The average Bonchev–Trinajstić information content (AvgIpc) is 3.17. The monoisotopic (exact) mass is 241 g/mol. The minimum Gasteiger partial charge on any atom is -0.475 e. The van der Waals surface area contributed by atoms with Gasteiger partial charge in [-0.25, -0.2) is 0 Å². The van der Waals surface area contributed by atoms with Crippen LogP contribution in [0.2, 0.25) is 0 Å². The lowest BCUT2D eigenvalue weighted by molar-refractivity contribution is 0.0874. The van der Waals surface area contributed by atoms with Crippen LogP contribution < -0.4 is 0 Å². The minimum atomic E-state index is 0.197. The van der Waals surface area contributed by atoms with Crippen LogP contribution in [0.4, 0.5) is 0 Å². The summed E-state index contributed by atoms with van der Waals surface area (Å²) in [6.07, 6.45) is 6.45. The van der Waals surface area contributed by atoms with Crippen molar-refractivity contribution in [3.8, 4) is 0 Å². The predicted octanol–water partition coefficient (Wildman–Crippen LogP) is 3.99. The summed E-state index contributed by atoms with van der Waals surface area (Å²) in [5, 5.41) is 7.42. The Morgan fingerprint density at radius 2 is 1.67 bits per heavy atom. The number of rotatable bonds is 4. The molecule has 0 saturated heterocycles. The van der Waals surface area contributed by atoms with Crippen LogP contribution in [0.3, 0.4) is 0 Å². The van der Waals surface area contributed by atoms with Crippen molar-refractivity contribution in [1.82, 2.24) is 0 Å². The van der Waals surface area contributed by atoms with Crippen molar-refractivity contribution in [2.45, 2.75) is 43.6 Å². The molecule has 0 bridgehead atoms. The Balaban J connectivity index is 1.54. The predicted molar refractivity (Wildman–Crippen MR) is 73.2 cm³/mol. The number of ether oxygens (including phenoxy) is 1. The van der Waals surface area contributed by atoms with Crippen LogP contribution in [0.15, 0.2) is 36.9 Å². The summed E-state index contributed by atoms with van der Waals surface area (Å²) in [5.74, 6) is 1.65. The van der Waals surface area contributed by atoms with Crippen LogP contribution in [0.1, 0.15) is 48.6 Å². The van der Waals surface area contributed by atoms with Crippen molar-refractivity contribution in [2.24, 2.45) is 0 Å². The highest BCUT2D eigenvalue weighted by atomic mass is 16.5. The van der Waals surface area contributed by atoms with Gasteiger partial charge in [0.25, 0.3) is 0 Å². The smallest absolute Gasteiger partial charge is 0.205 e. The maximum atomic E-state index is 7.42. The van der Waals surface area contributed by atoms with Gasteiger partial charge in [0.05, 0.1) is 0 Å². The zero-order valence-corrected chi connectivity index (χ0v) is 10.6. The molecule has 3 rings (SSSR count). The molecule has 0 aliphatic heterocycles. The fraction of sp³-hybridized carbons (Fsp3) is 0.438. The summed E-state index contributed by atoms with van der Waals surface area (Å²) in [6.45, 7) is 3.53. The molecule has 0 aromatic heterocycles. The molecule has 0 spiro atoms. The van der Waals surface area contributed by atoms with E-state index in [2.05, 4.69) is 30.8 Å². The molecule has 0 heterocycles. The Morgan fingerprint density at radius 1 is 1.11 bits per heavy atom. The van der Waals surface area contributed by atoms with Gasteiger partial charge in [-0.05, 0) is 54.7 Å². The van der Waals surface area contributed by atoms with Crippen LogP contribution in [0.5, 0.6) is 0 Å². The van der Waals surface area contributed by atoms with Gasteiger partial charge < -0.3 is 4.74 Å². The minimum absolute atomic E-state index is 0.197. The van der Waals surface area contributed by atoms with Crippen LogP contribution in [0.25, 0.3) is 0 Å². The SMILES string of the molecule is C=CC(=N)O[C@H]1C[C@@H](c2ccc(C3CC3)cc2)C1. The van der Waals surface area contributed by atoms with E-state index in [0.717, 1.165) is 18.8 Å². The number of hydrogen-bond acceptors (Lipinski definition) is 2. The number of hydrogen-bond donors (Lipinski definition) is 1. The maximum absolute atomic E-state index is 7.42.